The molecule has 90 valence electrons. The van der Waals surface area contributed by atoms with E-state index in [1.807, 2.05) is 0 Å². The number of hydrogen-bond donors (Lipinski definition) is 0. The van der Waals surface area contributed by atoms with Crippen LogP contribution in [0.1, 0.15) is 20.8 Å². The van der Waals surface area contributed by atoms with Gasteiger partial charge >= 0.3 is 18.9 Å². The van der Waals surface area contributed by atoms with Crippen LogP contribution >= 0.6 is 0 Å². The van der Waals surface area contributed by atoms with Crippen LogP contribution in [0, 0.1) is 6.07 Å². The third-order valence-corrected chi connectivity index (χ3v) is 1.82. The minimum Gasteiger partial charge on any atom is -0.593 e. The van der Waals surface area contributed by atoms with E-state index in [1.165, 1.54) is 0 Å². The number of ether oxygens (including phenoxy) is 1. The van der Waals surface area contributed by atoms with Crippen molar-refractivity contribution < 1.29 is 28.7 Å². The Morgan fingerprint density at radius 2 is 2.16 bits per heavy atom. The van der Waals surface area contributed by atoms with Crippen molar-refractivity contribution in [2.45, 2.75) is 26.4 Å². The molecule has 2 rings (SSSR count). The van der Waals surface area contributed by atoms with Crippen molar-refractivity contribution in [3.05, 3.63) is 24.3 Å². The van der Waals surface area contributed by atoms with Crippen LogP contribution in [0.4, 0.5) is 0 Å². The summed E-state index contributed by atoms with van der Waals surface area (Å²) >= 11 is 0. The second kappa shape index (κ2) is 7.02. The summed E-state index contributed by atoms with van der Waals surface area (Å²) in [5.41, 5.74) is 0.582. The number of benzene rings is 1. The van der Waals surface area contributed by atoms with Gasteiger partial charge in [0.05, 0.1) is 0 Å². The summed E-state index contributed by atoms with van der Waals surface area (Å²) in [6.45, 7) is 5.31. The number of fused-ring (bicyclic) bond motifs is 1. The van der Waals surface area contributed by atoms with E-state index in [2.05, 4.69) is 21.5 Å². The molecular weight excluding hydrogens is 234 g/mol. The molecule has 0 atom stereocenters. The fraction of sp³-hybridized carbons (Fsp3) is 0.364. The standard InChI is InChI=1S/C11H13N4O2.2Li/c1-11(2,3)17-10(16)13-15-9-7-5-4-6-8(9)12-14-15;;/h4-6H,1-3H3,(H,13,16);;/q;;+1/p-1. The van der Waals surface area contributed by atoms with Crippen LogP contribution in [0.5, 0.6) is 0 Å². The molecule has 2 radical (unpaired) electrons. The SMILES string of the molecule is CC(C)(C)OC([O-])=Nn1nnc2ccc[c]c21.[Li+].[Li]. The number of hydrogen-bond acceptors (Lipinski definition) is 5. The van der Waals surface area contributed by atoms with Gasteiger partial charge in [0, 0.05) is 30.5 Å². The molecule has 1 aromatic heterocycles. The molecule has 0 aliphatic carbocycles. The Kier molecular flexibility index (Phi) is 6.69. The molecule has 8 heteroatoms. The summed E-state index contributed by atoms with van der Waals surface area (Å²) in [6, 6.07) is 8.16. The zero-order valence-electron chi connectivity index (χ0n) is 11.8. The van der Waals surface area contributed by atoms with Crippen molar-refractivity contribution in [3.63, 3.8) is 0 Å². The van der Waals surface area contributed by atoms with Crippen molar-refractivity contribution >= 4 is 36.0 Å². The first-order valence-electron chi connectivity index (χ1n) is 5.13. The minimum absolute atomic E-state index is 0. The summed E-state index contributed by atoms with van der Waals surface area (Å²) in [6.07, 6.45) is -0.707. The predicted molar refractivity (Wildman–Crippen MR) is 65.8 cm³/mol. The zero-order valence-corrected chi connectivity index (χ0v) is 11.8. The smallest absolute Gasteiger partial charge is 0.593 e. The first-order chi connectivity index (χ1) is 7.96. The second-order valence-corrected chi connectivity index (χ2v) is 4.46. The van der Waals surface area contributed by atoms with E-state index >= 15 is 0 Å². The van der Waals surface area contributed by atoms with E-state index in [9.17, 15) is 5.11 Å². The van der Waals surface area contributed by atoms with E-state index in [4.69, 9.17) is 4.74 Å². The summed E-state index contributed by atoms with van der Waals surface area (Å²) in [5.74, 6) is 0. The van der Waals surface area contributed by atoms with Gasteiger partial charge in [-0.05, 0) is 11.3 Å². The molecular formula is C11H12Li2N4O2. The predicted octanol–water partition coefficient (Wildman–Crippen LogP) is -2.85. The maximum absolute atomic E-state index is 11.5. The number of para-hydroxylation sites is 1. The fourth-order valence-electron chi connectivity index (χ4n) is 1.23. The Morgan fingerprint density at radius 3 is 2.79 bits per heavy atom. The minimum atomic E-state index is -0.707. The molecule has 0 amide bonds. The number of rotatable bonds is 1. The van der Waals surface area contributed by atoms with Gasteiger partial charge in [-0.15, -0.1) is 15.0 Å². The van der Waals surface area contributed by atoms with Gasteiger partial charge in [0.1, 0.15) is 11.0 Å². The maximum Gasteiger partial charge on any atom is 1.00 e. The quantitative estimate of drug-likeness (QED) is 0.308. The average Bonchev–Trinajstić information content (AvgIpc) is 2.59. The van der Waals surface area contributed by atoms with Crippen molar-refractivity contribution in [1.82, 2.24) is 15.1 Å². The Labute approximate surface area is 135 Å². The number of nitrogens with zero attached hydrogens (tertiary/aromatic N) is 4. The molecule has 0 spiro atoms. The van der Waals surface area contributed by atoms with Gasteiger partial charge in [-0.25, -0.2) is 0 Å². The second-order valence-electron chi connectivity index (χ2n) is 4.46. The molecule has 1 aromatic carbocycles. The van der Waals surface area contributed by atoms with Gasteiger partial charge in [0.15, 0.2) is 6.08 Å². The first kappa shape index (κ1) is 18.1. The molecule has 0 fully saturated rings. The molecule has 2 aromatic rings. The van der Waals surface area contributed by atoms with Crippen LogP contribution in [0.25, 0.3) is 11.0 Å². The molecule has 0 aliphatic heterocycles. The van der Waals surface area contributed by atoms with Crippen LogP contribution in [-0.2, 0) is 4.74 Å². The van der Waals surface area contributed by atoms with Gasteiger partial charge in [-0.1, -0.05) is 32.9 Å². The maximum atomic E-state index is 11.5. The molecule has 0 bridgehead atoms. The Morgan fingerprint density at radius 1 is 1.47 bits per heavy atom. The van der Waals surface area contributed by atoms with Crippen LogP contribution in [0.15, 0.2) is 23.3 Å². The largest absolute Gasteiger partial charge is 1.00 e. The van der Waals surface area contributed by atoms with Gasteiger partial charge < -0.3 is 9.84 Å². The van der Waals surface area contributed by atoms with Crippen LogP contribution < -0.4 is 24.0 Å². The molecule has 0 saturated carbocycles. The average molecular weight is 246 g/mol. The third kappa shape index (κ3) is 4.93. The first-order valence-corrected chi connectivity index (χ1v) is 5.13. The normalized spacial score (nSPS) is 11.6. The summed E-state index contributed by atoms with van der Waals surface area (Å²) in [4.78, 5) is 1.11. The van der Waals surface area contributed by atoms with Gasteiger partial charge in [-0.3, -0.25) is 0 Å². The molecule has 0 N–H and O–H groups in total. The molecule has 19 heavy (non-hydrogen) atoms. The Hall–Kier alpha value is -0.915. The van der Waals surface area contributed by atoms with E-state index in [1.54, 1.807) is 39.0 Å². The number of aromatic nitrogens is 3. The van der Waals surface area contributed by atoms with Crippen LogP contribution in [-0.4, -0.2) is 45.6 Å². The van der Waals surface area contributed by atoms with E-state index in [0.717, 1.165) is 4.79 Å². The fourth-order valence-corrected chi connectivity index (χ4v) is 1.23. The molecule has 6 nitrogen and oxygen atoms in total. The molecule has 1 heterocycles. The van der Waals surface area contributed by atoms with Gasteiger partial charge in [-0.2, -0.15) is 0 Å². The summed E-state index contributed by atoms with van der Waals surface area (Å²) in [7, 11) is 0. The van der Waals surface area contributed by atoms with E-state index in [-0.39, 0.29) is 37.7 Å². The van der Waals surface area contributed by atoms with E-state index in [0.29, 0.717) is 11.0 Å². The Bertz CT molecular complexity index is 563. The topological polar surface area (TPSA) is 75.4 Å². The molecule has 0 unspecified atom stereocenters. The zero-order chi connectivity index (χ0) is 12.5. The van der Waals surface area contributed by atoms with E-state index < -0.39 is 11.7 Å². The van der Waals surface area contributed by atoms with Gasteiger partial charge in [0.25, 0.3) is 0 Å². The van der Waals surface area contributed by atoms with Crippen molar-refractivity contribution in [2.24, 2.45) is 5.10 Å². The Balaban J connectivity index is 0.00000162. The summed E-state index contributed by atoms with van der Waals surface area (Å²) in [5, 5.41) is 22.7. The van der Waals surface area contributed by atoms with Gasteiger partial charge in [0.2, 0.25) is 0 Å². The van der Waals surface area contributed by atoms with Crippen LogP contribution in [0.3, 0.4) is 0 Å². The van der Waals surface area contributed by atoms with Crippen molar-refractivity contribution in [1.29, 1.82) is 0 Å². The molecule has 0 aliphatic rings. The van der Waals surface area contributed by atoms with Crippen LogP contribution in [0.2, 0.25) is 0 Å². The van der Waals surface area contributed by atoms with Crippen molar-refractivity contribution in [3.8, 4) is 0 Å². The molecule has 0 saturated heterocycles. The van der Waals surface area contributed by atoms with Crippen molar-refractivity contribution in [2.75, 3.05) is 0 Å². The monoisotopic (exact) mass is 246 g/mol. The third-order valence-electron chi connectivity index (χ3n) is 1.82. The summed E-state index contributed by atoms with van der Waals surface area (Å²) < 4.78 is 5.05.